The molecule has 10 heteroatoms. The van der Waals surface area contributed by atoms with E-state index >= 15 is 0 Å². The lowest BCUT2D eigenvalue weighted by molar-refractivity contribution is -0.285. The van der Waals surface area contributed by atoms with Gasteiger partial charge in [0.2, 0.25) is 5.72 Å². The summed E-state index contributed by atoms with van der Waals surface area (Å²) in [4.78, 5) is 16.8. The van der Waals surface area contributed by atoms with Crippen LogP contribution in [0, 0.1) is 5.92 Å². The van der Waals surface area contributed by atoms with Crippen LogP contribution in [0.3, 0.4) is 0 Å². The molecule has 0 spiro atoms. The fraction of sp³-hybridized carbons (Fsp3) is 0.267. The van der Waals surface area contributed by atoms with Gasteiger partial charge in [-0.1, -0.05) is 12.1 Å². The van der Waals surface area contributed by atoms with Gasteiger partial charge < -0.3 is 15.7 Å². The molecule has 0 amide bonds. The van der Waals surface area contributed by atoms with Crippen LogP contribution in [0.2, 0.25) is 0 Å². The molecule has 0 radical (unpaired) electrons. The van der Waals surface area contributed by atoms with Crippen LogP contribution < -0.4 is 10.6 Å². The molecule has 132 valence electrons. The van der Waals surface area contributed by atoms with Gasteiger partial charge in [0.25, 0.3) is 0 Å². The molecule has 0 aromatic carbocycles. The number of ketones is 1. The monoisotopic (exact) mass is 387 g/mol. The predicted molar refractivity (Wildman–Crippen MR) is 89.0 cm³/mol. The zero-order valence-corrected chi connectivity index (χ0v) is 14.1. The molecule has 1 aliphatic rings. The first kappa shape index (κ1) is 17.8. The quantitative estimate of drug-likeness (QED) is 0.555. The summed E-state index contributed by atoms with van der Waals surface area (Å²) in [7, 11) is 0. The summed E-state index contributed by atoms with van der Waals surface area (Å²) in [5, 5.41) is 16.1. The highest BCUT2D eigenvalue weighted by Gasteiger charge is 2.65. The van der Waals surface area contributed by atoms with Gasteiger partial charge in [0.1, 0.15) is 5.92 Å². The molecule has 3 rings (SSSR count). The summed E-state index contributed by atoms with van der Waals surface area (Å²) in [5.74, 6) is -2.73. The first-order valence-electron chi connectivity index (χ1n) is 7.09. The van der Waals surface area contributed by atoms with E-state index in [0.29, 0.717) is 5.56 Å². The summed E-state index contributed by atoms with van der Waals surface area (Å²) in [5.41, 5.74) is -3.19. The van der Waals surface area contributed by atoms with E-state index in [4.69, 9.17) is 12.2 Å². The summed E-state index contributed by atoms with van der Waals surface area (Å²) in [6.07, 6.45) is -2.34. The van der Waals surface area contributed by atoms with Crippen molar-refractivity contribution in [3.63, 3.8) is 0 Å². The normalized spacial score (nSPS) is 26.6. The van der Waals surface area contributed by atoms with Gasteiger partial charge in [-0.2, -0.15) is 13.2 Å². The first-order valence-corrected chi connectivity index (χ1v) is 8.38. The summed E-state index contributed by atoms with van der Waals surface area (Å²) >= 11 is 5.83. The Kier molecular flexibility index (Phi) is 4.52. The van der Waals surface area contributed by atoms with E-state index in [9.17, 15) is 23.1 Å². The van der Waals surface area contributed by atoms with Crippen LogP contribution in [0.15, 0.2) is 42.0 Å². The Hall–Kier alpha value is -2.04. The van der Waals surface area contributed by atoms with Crippen LogP contribution in [0.25, 0.3) is 0 Å². The van der Waals surface area contributed by atoms with Crippen LogP contribution in [0.4, 0.5) is 13.2 Å². The highest BCUT2D eigenvalue weighted by molar-refractivity contribution is 7.80. The van der Waals surface area contributed by atoms with Gasteiger partial charge in [-0.15, -0.1) is 11.3 Å². The molecule has 1 aliphatic heterocycles. The number of thiocarbonyl (C=S) groups is 1. The fourth-order valence-corrected chi connectivity index (χ4v) is 3.74. The SMILES string of the molecule is O=C(c1cccs1)[C@@H]1[C@@H](c2cccnc2)NC(=S)N[C@]1(O)C(F)(F)F. The number of aromatic nitrogens is 1. The summed E-state index contributed by atoms with van der Waals surface area (Å²) in [6.45, 7) is 0. The van der Waals surface area contributed by atoms with Gasteiger partial charge in [-0.05, 0) is 35.3 Å². The minimum atomic E-state index is -5.13. The molecule has 2 aromatic heterocycles. The Labute approximate surface area is 149 Å². The second kappa shape index (κ2) is 6.36. The molecule has 5 nitrogen and oxygen atoms in total. The number of halogens is 3. The van der Waals surface area contributed by atoms with E-state index in [0.717, 1.165) is 11.3 Å². The minimum absolute atomic E-state index is 0.109. The van der Waals surface area contributed by atoms with Crippen LogP contribution in [-0.2, 0) is 0 Å². The van der Waals surface area contributed by atoms with Crippen molar-refractivity contribution in [2.24, 2.45) is 5.92 Å². The minimum Gasteiger partial charge on any atom is -0.363 e. The topological polar surface area (TPSA) is 74.2 Å². The van der Waals surface area contributed by atoms with Crippen molar-refractivity contribution in [3.05, 3.63) is 52.5 Å². The Morgan fingerprint density at radius 3 is 2.68 bits per heavy atom. The number of carbonyl (C=O) groups is 1. The van der Waals surface area contributed by atoms with Crippen molar-refractivity contribution in [2.45, 2.75) is 17.9 Å². The maximum atomic E-state index is 13.7. The average molecular weight is 387 g/mol. The summed E-state index contributed by atoms with van der Waals surface area (Å²) in [6, 6.07) is 4.82. The van der Waals surface area contributed by atoms with Crippen LogP contribution >= 0.6 is 23.6 Å². The summed E-state index contributed by atoms with van der Waals surface area (Å²) < 4.78 is 41.0. The van der Waals surface area contributed by atoms with Crippen molar-refractivity contribution in [2.75, 3.05) is 0 Å². The van der Waals surface area contributed by atoms with Gasteiger partial charge in [0.15, 0.2) is 10.9 Å². The van der Waals surface area contributed by atoms with Gasteiger partial charge in [-0.25, -0.2) is 0 Å². The third-order valence-corrected chi connectivity index (χ3v) is 5.00. The van der Waals surface area contributed by atoms with Crippen LogP contribution in [-0.4, -0.2) is 32.9 Å². The van der Waals surface area contributed by atoms with Crippen molar-refractivity contribution < 1.29 is 23.1 Å². The van der Waals surface area contributed by atoms with E-state index in [1.54, 1.807) is 11.4 Å². The van der Waals surface area contributed by atoms with E-state index in [1.807, 2.05) is 5.32 Å². The van der Waals surface area contributed by atoms with E-state index in [-0.39, 0.29) is 4.88 Å². The third kappa shape index (κ3) is 3.12. The van der Waals surface area contributed by atoms with Gasteiger partial charge in [0, 0.05) is 12.4 Å². The number of hydrogen-bond donors (Lipinski definition) is 3. The largest absolute Gasteiger partial charge is 0.437 e. The first-order chi connectivity index (χ1) is 11.7. The van der Waals surface area contributed by atoms with Crippen LogP contribution in [0.5, 0.6) is 0 Å². The van der Waals surface area contributed by atoms with Crippen molar-refractivity contribution >= 4 is 34.5 Å². The zero-order valence-electron chi connectivity index (χ0n) is 12.4. The Balaban J connectivity index is 2.15. The fourth-order valence-electron chi connectivity index (χ4n) is 2.75. The third-order valence-electron chi connectivity index (χ3n) is 3.90. The molecule has 0 bridgehead atoms. The lowest BCUT2D eigenvalue weighted by atomic mass is 9.79. The second-order valence-corrected chi connectivity index (χ2v) is 6.80. The molecule has 3 N–H and O–H groups in total. The molecular formula is C15H12F3N3O2S2. The molecule has 25 heavy (non-hydrogen) atoms. The van der Waals surface area contributed by atoms with Crippen LogP contribution in [0.1, 0.15) is 21.3 Å². The van der Waals surface area contributed by atoms with Crippen molar-refractivity contribution in [1.82, 2.24) is 15.6 Å². The number of aliphatic hydroxyl groups is 1. The average Bonchev–Trinajstić information content (AvgIpc) is 3.08. The predicted octanol–water partition coefficient (Wildman–Crippen LogP) is 2.41. The molecule has 0 aliphatic carbocycles. The van der Waals surface area contributed by atoms with Gasteiger partial charge in [-0.3, -0.25) is 9.78 Å². The molecule has 3 heterocycles. The van der Waals surface area contributed by atoms with E-state index in [2.05, 4.69) is 10.3 Å². The molecule has 3 atom stereocenters. The zero-order chi connectivity index (χ0) is 18.2. The molecular weight excluding hydrogens is 375 g/mol. The molecule has 2 aromatic rings. The maximum absolute atomic E-state index is 13.7. The lowest BCUT2D eigenvalue weighted by Gasteiger charge is -2.46. The molecule has 0 unspecified atom stereocenters. The van der Waals surface area contributed by atoms with E-state index < -0.39 is 34.8 Å². The Morgan fingerprint density at radius 2 is 2.12 bits per heavy atom. The number of rotatable bonds is 3. The standard InChI is InChI=1S/C15H12F3N3O2S2/c16-15(17,18)14(23)10(12(22)9-4-2-6-25-9)11(20-13(24)21-14)8-3-1-5-19-7-8/h1-7,10-11,23H,(H2,20,21,24)/t10-,11+,14+/m0/s1. The smallest absolute Gasteiger partial charge is 0.363 e. The molecule has 1 saturated heterocycles. The maximum Gasteiger partial charge on any atom is 0.437 e. The molecule has 1 fully saturated rings. The van der Waals surface area contributed by atoms with Gasteiger partial charge in [0.05, 0.1) is 10.9 Å². The highest BCUT2D eigenvalue weighted by Crippen LogP contribution is 2.44. The van der Waals surface area contributed by atoms with E-state index in [1.165, 1.54) is 30.6 Å². The highest BCUT2D eigenvalue weighted by atomic mass is 32.1. The number of Topliss-reactive ketones (excluding diaryl/α,β-unsaturated/α-hetero) is 1. The molecule has 0 saturated carbocycles. The second-order valence-electron chi connectivity index (χ2n) is 5.45. The van der Waals surface area contributed by atoms with Crippen molar-refractivity contribution in [3.8, 4) is 0 Å². The number of nitrogens with zero attached hydrogens (tertiary/aromatic N) is 1. The lowest BCUT2D eigenvalue weighted by Crippen LogP contribution is -2.72. The number of carbonyl (C=O) groups excluding carboxylic acids is 1. The number of hydrogen-bond acceptors (Lipinski definition) is 5. The number of pyridine rings is 1. The number of alkyl halides is 3. The Morgan fingerprint density at radius 1 is 1.36 bits per heavy atom. The number of thiophene rings is 1. The van der Waals surface area contributed by atoms with Crippen molar-refractivity contribution in [1.29, 1.82) is 0 Å². The Bertz CT molecular complexity index is 783. The number of nitrogens with one attached hydrogen (secondary N) is 2. The van der Waals surface area contributed by atoms with Gasteiger partial charge >= 0.3 is 6.18 Å².